The first-order chi connectivity index (χ1) is 9.59. The zero-order valence-corrected chi connectivity index (χ0v) is 13.0. The third-order valence-electron chi connectivity index (χ3n) is 4.22. The highest BCUT2D eigenvalue weighted by Crippen LogP contribution is 2.13. The van der Waals surface area contributed by atoms with Crippen LogP contribution >= 0.6 is 0 Å². The lowest BCUT2D eigenvalue weighted by Crippen LogP contribution is -2.38. The highest BCUT2D eigenvalue weighted by molar-refractivity contribution is 5.78. The van der Waals surface area contributed by atoms with E-state index in [0.29, 0.717) is 5.96 Å². The van der Waals surface area contributed by atoms with Gasteiger partial charge in [-0.1, -0.05) is 12.8 Å². The number of rotatable bonds is 3. The number of nitrogens with two attached hydrogens (primary N) is 1. The average Bonchev–Trinajstić information content (AvgIpc) is 2.67. The van der Waals surface area contributed by atoms with Crippen molar-refractivity contribution in [2.75, 3.05) is 19.6 Å². The molecule has 1 aliphatic heterocycles. The molecule has 1 fully saturated rings. The molecule has 0 atom stereocenters. The summed E-state index contributed by atoms with van der Waals surface area (Å²) >= 11 is 0. The fourth-order valence-electron chi connectivity index (χ4n) is 2.86. The van der Waals surface area contributed by atoms with Gasteiger partial charge in [-0.15, -0.1) is 0 Å². The van der Waals surface area contributed by atoms with Crippen LogP contribution in [0.3, 0.4) is 0 Å². The third kappa shape index (κ3) is 3.52. The molecule has 20 heavy (non-hydrogen) atoms. The molecule has 0 bridgehead atoms. The maximum atomic E-state index is 6.12. The highest BCUT2D eigenvalue weighted by atomic mass is 15.3. The molecule has 0 saturated carbocycles. The van der Waals surface area contributed by atoms with E-state index in [2.05, 4.69) is 28.8 Å². The van der Waals surface area contributed by atoms with E-state index in [0.717, 1.165) is 31.7 Å². The summed E-state index contributed by atoms with van der Waals surface area (Å²) in [5.41, 5.74) is 9.76. The number of likely N-dealkylation sites (tertiary alicyclic amines) is 1. The number of hydrogen-bond donors (Lipinski definition) is 1. The first-order valence-corrected chi connectivity index (χ1v) is 7.63. The summed E-state index contributed by atoms with van der Waals surface area (Å²) in [6.45, 7) is 7.03. The molecule has 1 aromatic heterocycles. The van der Waals surface area contributed by atoms with Gasteiger partial charge < -0.3 is 10.6 Å². The number of aliphatic imine (C=N–C) groups is 1. The normalized spacial score (nSPS) is 17.4. The second-order valence-corrected chi connectivity index (χ2v) is 5.66. The minimum Gasteiger partial charge on any atom is -0.370 e. The van der Waals surface area contributed by atoms with Crippen LogP contribution in [0.4, 0.5) is 0 Å². The van der Waals surface area contributed by atoms with Crippen LogP contribution in [-0.4, -0.2) is 40.3 Å². The highest BCUT2D eigenvalue weighted by Gasteiger charge is 2.11. The quantitative estimate of drug-likeness (QED) is 0.676. The van der Waals surface area contributed by atoms with E-state index >= 15 is 0 Å². The Balaban J connectivity index is 1.91. The summed E-state index contributed by atoms with van der Waals surface area (Å²) < 4.78 is 1.94. The third-order valence-corrected chi connectivity index (χ3v) is 4.22. The maximum Gasteiger partial charge on any atom is 0.191 e. The van der Waals surface area contributed by atoms with Gasteiger partial charge in [-0.25, -0.2) is 0 Å². The largest absolute Gasteiger partial charge is 0.370 e. The lowest BCUT2D eigenvalue weighted by atomic mass is 10.1. The number of hydrogen-bond acceptors (Lipinski definition) is 2. The van der Waals surface area contributed by atoms with Crippen molar-refractivity contribution in [3.8, 4) is 0 Å². The van der Waals surface area contributed by atoms with E-state index < -0.39 is 0 Å². The molecular formula is C15H27N5. The fourth-order valence-corrected chi connectivity index (χ4v) is 2.86. The molecular weight excluding hydrogens is 250 g/mol. The van der Waals surface area contributed by atoms with Crippen molar-refractivity contribution in [2.45, 2.75) is 46.0 Å². The first kappa shape index (κ1) is 14.9. The summed E-state index contributed by atoms with van der Waals surface area (Å²) in [7, 11) is 1.99. The number of aryl methyl sites for hydroxylation is 2. The van der Waals surface area contributed by atoms with Crippen molar-refractivity contribution in [3.63, 3.8) is 0 Å². The van der Waals surface area contributed by atoms with Gasteiger partial charge in [0.1, 0.15) is 0 Å². The molecule has 1 saturated heterocycles. The molecule has 0 unspecified atom stereocenters. The standard InChI is InChI=1S/C15H27N5/c1-12-14(13(2)19(3)18-12)8-9-17-15(16)20-10-6-4-5-7-11-20/h4-11H2,1-3H3,(H2,16,17). The van der Waals surface area contributed by atoms with Gasteiger partial charge in [-0.2, -0.15) is 5.10 Å². The van der Waals surface area contributed by atoms with Gasteiger partial charge in [-0.05, 0) is 38.7 Å². The van der Waals surface area contributed by atoms with E-state index in [-0.39, 0.29) is 0 Å². The lowest BCUT2D eigenvalue weighted by Gasteiger charge is -2.21. The maximum absolute atomic E-state index is 6.12. The Morgan fingerprint density at radius 2 is 1.85 bits per heavy atom. The van der Waals surface area contributed by atoms with Crippen molar-refractivity contribution in [2.24, 2.45) is 17.8 Å². The van der Waals surface area contributed by atoms with Gasteiger partial charge in [0, 0.05) is 32.4 Å². The zero-order chi connectivity index (χ0) is 14.5. The molecule has 0 amide bonds. The van der Waals surface area contributed by atoms with Crippen molar-refractivity contribution in [3.05, 3.63) is 17.0 Å². The molecule has 0 aliphatic carbocycles. The predicted octanol–water partition coefficient (Wildman–Crippen LogP) is 1.77. The predicted molar refractivity (Wildman–Crippen MR) is 82.9 cm³/mol. The number of nitrogens with zero attached hydrogens (tertiary/aromatic N) is 4. The summed E-state index contributed by atoms with van der Waals surface area (Å²) in [4.78, 5) is 6.79. The monoisotopic (exact) mass is 277 g/mol. The van der Waals surface area contributed by atoms with Gasteiger partial charge in [-0.3, -0.25) is 9.67 Å². The van der Waals surface area contributed by atoms with Gasteiger partial charge in [0.15, 0.2) is 5.96 Å². The van der Waals surface area contributed by atoms with Crippen LogP contribution in [0.2, 0.25) is 0 Å². The van der Waals surface area contributed by atoms with Crippen LogP contribution in [0.1, 0.15) is 42.6 Å². The molecule has 0 radical (unpaired) electrons. The van der Waals surface area contributed by atoms with Crippen LogP contribution in [0.15, 0.2) is 4.99 Å². The van der Waals surface area contributed by atoms with Crippen LogP contribution in [0.25, 0.3) is 0 Å². The topological polar surface area (TPSA) is 59.4 Å². The van der Waals surface area contributed by atoms with Gasteiger partial charge in [0.25, 0.3) is 0 Å². The van der Waals surface area contributed by atoms with Gasteiger partial charge in [0.2, 0.25) is 0 Å². The van der Waals surface area contributed by atoms with Gasteiger partial charge in [0.05, 0.1) is 5.69 Å². The minimum absolute atomic E-state index is 0.714. The summed E-state index contributed by atoms with van der Waals surface area (Å²) in [6.07, 6.45) is 6.02. The molecule has 112 valence electrons. The Kier molecular flexibility index (Phi) is 5.04. The molecule has 5 nitrogen and oxygen atoms in total. The van der Waals surface area contributed by atoms with Gasteiger partial charge >= 0.3 is 0 Å². The molecule has 1 aromatic rings. The van der Waals surface area contributed by atoms with Crippen LogP contribution in [0, 0.1) is 13.8 Å². The molecule has 0 aromatic carbocycles. The Bertz CT molecular complexity index is 467. The van der Waals surface area contributed by atoms with E-state index in [9.17, 15) is 0 Å². The van der Waals surface area contributed by atoms with E-state index in [4.69, 9.17) is 5.73 Å². The Morgan fingerprint density at radius 1 is 1.20 bits per heavy atom. The molecule has 5 heteroatoms. The summed E-state index contributed by atoms with van der Waals surface area (Å²) in [5.74, 6) is 0.714. The minimum atomic E-state index is 0.714. The number of aromatic nitrogens is 2. The molecule has 2 heterocycles. The van der Waals surface area contributed by atoms with Crippen LogP contribution in [-0.2, 0) is 13.5 Å². The van der Waals surface area contributed by atoms with E-state index in [1.165, 1.54) is 36.9 Å². The van der Waals surface area contributed by atoms with E-state index in [1.807, 2.05) is 11.7 Å². The smallest absolute Gasteiger partial charge is 0.191 e. The van der Waals surface area contributed by atoms with Crippen molar-refractivity contribution in [1.82, 2.24) is 14.7 Å². The second kappa shape index (κ2) is 6.77. The van der Waals surface area contributed by atoms with Crippen molar-refractivity contribution < 1.29 is 0 Å². The van der Waals surface area contributed by atoms with Crippen molar-refractivity contribution in [1.29, 1.82) is 0 Å². The lowest BCUT2D eigenvalue weighted by molar-refractivity contribution is 0.428. The fraction of sp³-hybridized carbons (Fsp3) is 0.733. The first-order valence-electron chi connectivity index (χ1n) is 7.63. The average molecular weight is 277 g/mol. The summed E-state index contributed by atoms with van der Waals surface area (Å²) in [5, 5.41) is 4.44. The Hall–Kier alpha value is -1.52. The molecule has 0 spiro atoms. The molecule has 2 rings (SSSR count). The van der Waals surface area contributed by atoms with Crippen LogP contribution < -0.4 is 5.73 Å². The van der Waals surface area contributed by atoms with Crippen molar-refractivity contribution >= 4 is 5.96 Å². The summed E-state index contributed by atoms with van der Waals surface area (Å²) in [6, 6.07) is 0. The van der Waals surface area contributed by atoms with E-state index in [1.54, 1.807) is 0 Å². The Labute approximate surface area is 121 Å². The number of guanidine groups is 1. The zero-order valence-electron chi connectivity index (χ0n) is 13.0. The SMILES string of the molecule is Cc1nn(C)c(C)c1CCN=C(N)N1CCCCCC1. The molecule has 1 aliphatic rings. The van der Waals surface area contributed by atoms with Crippen LogP contribution in [0.5, 0.6) is 0 Å². The Morgan fingerprint density at radius 3 is 2.40 bits per heavy atom. The second-order valence-electron chi connectivity index (χ2n) is 5.66. The molecule has 2 N–H and O–H groups in total.